The zero-order chi connectivity index (χ0) is 12.9. The lowest BCUT2D eigenvalue weighted by Crippen LogP contribution is -2.25. The number of aromatic nitrogens is 1. The van der Waals surface area contributed by atoms with Crippen LogP contribution >= 0.6 is 0 Å². The average Bonchev–Trinajstić information content (AvgIpc) is 2.26. The molecule has 0 radical (unpaired) electrons. The summed E-state index contributed by atoms with van der Waals surface area (Å²) in [5.74, 6) is 2.24. The van der Waals surface area contributed by atoms with Crippen LogP contribution < -0.4 is 10.1 Å². The maximum Gasteiger partial charge on any atom is 0.168 e. The van der Waals surface area contributed by atoms with E-state index >= 15 is 0 Å². The fourth-order valence-corrected chi connectivity index (χ4v) is 1.35. The maximum atomic E-state index is 5.53. The molecule has 0 fully saturated rings. The van der Waals surface area contributed by atoms with Crippen LogP contribution in [0.25, 0.3) is 0 Å². The molecule has 3 heteroatoms. The Kier molecular flexibility index (Phi) is 4.79. The van der Waals surface area contributed by atoms with Crippen LogP contribution in [0, 0.1) is 11.3 Å². The third-order valence-electron chi connectivity index (χ3n) is 3.12. The number of ether oxygens (including phenoxy) is 1. The number of hydrogen-bond acceptors (Lipinski definition) is 3. The maximum absolute atomic E-state index is 5.53. The Bertz CT molecular complexity index is 344. The highest BCUT2D eigenvalue weighted by Crippen LogP contribution is 2.27. The van der Waals surface area contributed by atoms with Crippen molar-refractivity contribution >= 4 is 5.82 Å². The second kappa shape index (κ2) is 5.89. The molecule has 0 aliphatic carbocycles. The molecule has 1 heterocycles. The molecule has 0 saturated carbocycles. The first-order valence-electron chi connectivity index (χ1n) is 6.26. The van der Waals surface area contributed by atoms with Gasteiger partial charge in [0.25, 0.3) is 0 Å². The van der Waals surface area contributed by atoms with Gasteiger partial charge in [0, 0.05) is 12.7 Å². The minimum atomic E-state index is 0.299. The van der Waals surface area contributed by atoms with E-state index in [9.17, 15) is 0 Å². The molecule has 0 amide bonds. The number of nitrogens with one attached hydrogen (secondary N) is 1. The van der Waals surface area contributed by atoms with Crippen LogP contribution in [0.1, 0.15) is 34.6 Å². The van der Waals surface area contributed by atoms with Gasteiger partial charge < -0.3 is 10.1 Å². The largest absolute Gasteiger partial charge is 0.490 e. The predicted octanol–water partition coefficient (Wildman–Crippen LogP) is 3.57. The van der Waals surface area contributed by atoms with Gasteiger partial charge in [-0.1, -0.05) is 27.7 Å². The lowest BCUT2D eigenvalue weighted by molar-refractivity contribution is 0.274. The average molecular weight is 236 g/mol. The molecule has 3 nitrogen and oxygen atoms in total. The van der Waals surface area contributed by atoms with Crippen molar-refractivity contribution in [2.75, 3.05) is 18.5 Å². The van der Waals surface area contributed by atoms with Crippen molar-refractivity contribution < 1.29 is 4.74 Å². The van der Waals surface area contributed by atoms with E-state index in [0.29, 0.717) is 17.9 Å². The Balaban J connectivity index is 2.63. The summed E-state index contributed by atoms with van der Waals surface area (Å²) in [6.45, 7) is 12.5. The zero-order valence-electron chi connectivity index (χ0n) is 11.6. The van der Waals surface area contributed by atoms with Crippen molar-refractivity contribution in [2.24, 2.45) is 11.3 Å². The quantitative estimate of drug-likeness (QED) is 0.848. The molecule has 17 heavy (non-hydrogen) atoms. The molecule has 96 valence electrons. The van der Waals surface area contributed by atoms with Crippen LogP contribution in [0.15, 0.2) is 18.3 Å². The summed E-state index contributed by atoms with van der Waals surface area (Å²) in [6, 6.07) is 3.84. The zero-order valence-corrected chi connectivity index (χ0v) is 11.6. The first-order chi connectivity index (χ1) is 7.95. The van der Waals surface area contributed by atoms with E-state index in [1.165, 1.54) is 0 Å². The number of rotatable bonds is 5. The van der Waals surface area contributed by atoms with Gasteiger partial charge in [0.05, 0.1) is 6.61 Å². The van der Waals surface area contributed by atoms with Gasteiger partial charge in [0.1, 0.15) is 0 Å². The lowest BCUT2D eigenvalue weighted by Gasteiger charge is -2.27. The van der Waals surface area contributed by atoms with Crippen molar-refractivity contribution in [1.82, 2.24) is 4.98 Å². The molecule has 1 unspecified atom stereocenters. The van der Waals surface area contributed by atoms with E-state index in [4.69, 9.17) is 4.74 Å². The number of pyridine rings is 1. The smallest absolute Gasteiger partial charge is 0.168 e. The predicted molar refractivity (Wildman–Crippen MR) is 72.5 cm³/mol. The van der Waals surface area contributed by atoms with Crippen molar-refractivity contribution in [2.45, 2.75) is 34.6 Å². The molecule has 1 N–H and O–H groups in total. The molecule has 0 aliphatic rings. The van der Waals surface area contributed by atoms with Crippen molar-refractivity contribution in [3.05, 3.63) is 18.3 Å². The van der Waals surface area contributed by atoms with E-state index in [1.807, 2.05) is 19.1 Å². The van der Waals surface area contributed by atoms with E-state index in [0.717, 1.165) is 18.1 Å². The van der Waals surface area contributed by atoms with Gasteiger partial charge in [0.15, 0.2) is 11.6 Å². The van der Waals surface area contributed by atoms with Crippen molar-refractivity contribution in [3.63, 3.8) is 0 Å². The van der Waals surface area contributed by atoms with Crippen molar-refractivity contribution in [3.8, 4) is 5.75 Å². The summed E-state index contributed by atoms with van der Waals surface area (Å²) >= 11 is 0. The van der Waals surface area contributed by atoms with Crippen LogP contribution in [0.2, 0.25) is 0 Å². The van der Waals surface area contributed by atoms with Gasteiger partial charge >= 0.3 is 0 Å². The number of nitrogens with zero attached hydrogens (tertiary/aromatic N) is 1. The fourth-order valence-electron chi connectivity index (χ4n) is 1.35. The molecule has 1 atom stereocenters. The number of anilines is 1. The van der Waals surface area contributed by atoms with Gasteiger partial charge in [0.2, 0.25) is 0 Å². The monoisotopic (exact) mass is 236 g/mol. The van der Waals surface area contributed by atoms with Crippen LogP contribution in [-0.2, 0) is 0 Å². The molecule has 0 aliphatic heterocycles. The van der Waals surface area contributed by atoms with Crippen LogP contribution in [0.3, 0.4) is 0 Å². The molecular formula is C14H24N2O. The first-order valence-corrected chi connectivity index (χ1v) is 6.26. The molecule has 0 aromatic carbocycles. The van der Waals surface area contributed by atoms with Gasteiger partial charge in [-0.3, -0.25) is 0 Å². The van der Waals surface area contributed by atoms with E-state index in [2.05, 4.69) is 38.0 Å². The van der Waals surface area contributed by atoms with Crippen molar-refractivity contribution in [1.29, 1.82) is 0 Å². The Morgan fingerprint density at radius 1 is 1.41 bits per heavy atom. The summed E-state index contributed by atoms with van der Waals surface area (Å²) in [7, 11) is 0. The van der Waals surface area contributed by atoms with Gasteiger partial charge in [-0.2, -0.15) is 0 Å². The minimum Gasteiger partial charge on any atom is -0.490 e. The summed E-state index contributed by atoms with van der Waals surface area (Å²) in [4.78, 5) is 4.32. The van der Waals surface area contributed by atoms with Crippen LogP contribution in [0.5, 0.6) is 5.75 Å². The van der Waals surface area contributed by atoms with Gasteiger partial charge in [-0.15, -0.1) is 0 Å². The minimum absolute atomic E-state index is 0.299. The Morgan fingerprint density at radius 2 is 2.12 bits per heavy atom. The SMILES string of the molecule is CCOc1cccnc1NCC(C)C(C)(C)C. The molecule has 0 saturated heterocycles. The number of hydrogen-bond donors (Lipinski definition) is 1. The van der Waals surface area contributed by atoms with Gasteiger partial charge in [-0.25, -0.2) is 4.98 Å². The Labute approximate surface area is 105 Å². The second-order valence-electron chi connectivity index (χ2n) is 5.43. The highest BCUT2D eigenvalue weighted by atomic mass is 16.5. The van der Waals surface area contributed by atoms with Crippen LogP contribution in [-0.4, -0.2) is 18.1 Å². The standard InChI is InChI=1S/C14H24N2O/c1-6-17-12-8-7-9-15-13(12)16-10-11(2)14(3,4)5/h7-9,11H,6,10H2,1-5H3,(H,15,16). The second-order valence-corrected chi connectivity index (χ2v) is 5.43. The Morgan fingerprint density at radius 3 is 2.71 bits per heavy atom. The molecule has 1 aromatic heterocycles. The molecule has 1 rings (SSSR count). The third-order valence-corrected chi connectivity index (χ3v) is 3.12. The normalized spacial score (nSPS) is 13.2. The summed E-state index contributed by atoms with van der Waals surface area (Å²) in [5.41, 5.74) is 0.299. The molecule has 0 spiro atoms. The van der Waals surface area contributed by atoms with Crippen LogP contribution in [0.4, 0.5) is 5.82 Å². The first kappa shape index (κ1) is 13.8. The summed E-state index contributed by atoms with van der Waals surface area (Å²) in [6.07, 6.45) is 1.78. The summed E-state index contributed by atoms with van der Waals surface area (Å²) < 4.78 is 5.53. The molecular weight excluding hydrogens is 212 g/mol. The van der Waals surface area contributed by atoms with Gasteiger partial charge in [-0.05, 0) is 30.4 Å². The van der Waals surface area contributed by atoms with E-state index < -0.39 is 0 Å². The van der Waals surface area contributed by atoms with E-state index in [1.54, 1.807) is 6.20 Å². The highest BCUT2D eigenvalue weighted by molar-refractivity contribution is 5.49. The third kappa shape index (κ3) is 4.25. The topological polar surface area (TPSA) is 34.1 Å². The molecule has 0 bridgehead atoms. The summed E-state index contributed by atoms with van der Waals surface area (Å²) in [5, 5.41) is 3.37. The lowest BCUT2D eigenvalue weighted by atomic mass is 9.82. The highest BCUT2D eigenvalue weighted by Gasteiger charge is 2.20. The fraction of sp³-hybridized carbons (Fsp3) is 0.643. The molecule has 1 aromatic rings. The van der Waals surface area contributed by atoms with E-state index in [-0.39, 0.29) is 0 Å². The Hall–Kier alpha value is -1.25.